The molecule has 0 saturated heterocycles. The van der Waals surface area contributed by atoms with Gasteiger partial charge in [-0.15, -0.1) is 0 Å². The summed E-state index contributed by atoms with van der Waals surface area (Å²) in [7, 11) is 0. The molecule has 6 heteroatoms. The molecule has 0 bridgehead atoms. The number of rotatable bonds is 19. The van der Waals surface area contributed by atoms with Gasteiger partial charge in [0, 0.05) is 31.3 Å². The fraction of sp³-hybridized carbons (Fsp3) is 0.528. The number of imidazole rings is 1. The third-order valence-corrected chi connectivity index (χ3v) is 8.30. The number of carbonyl (C=O) groups is 1. The molecule has 42 heavy (non-hydrogen) atoms. The van der Waals surface area contributed by atoms with Crippen molar-refractivity contribution in [1.82, 2.24) is 19.9 Å². The van der Waals surface area contributed by atoms with E-state index >= 15 is 0 Å². The van der Waals surface area contributed by atoms with Crippen LogP contribution in [0, 0.1) is 0 Å². The highest BCUT2D eigenvalue weighted by molar-refractivity contribution is 6.06. The molecule has 4 aromatic rings. The second-order valence-corrected chi connectivity index (χ2v) is 11.8. The van der Waals surface area contributed by atoms with E-state index in [0.717, 1.165) is 65.4 Å². The van der Waals surface area contributed by atoms with E-state index in [-0.39, 0.29) is 5.91 Å². The molecule has 2 aromatic heterocycles. The number of hydrogen-bond donors (Lipinski definition) is 2. The number of benzene rings is 2. The molecule has 0 spiro atoms. The van der Waals surface area contributed by atoms with Gasteiger partial charge in [0.05, 0.1) is 11.0 Å². The van der Waals surface area contributed by atoms with Crippen molar-refractivity contribution in [3.8, 4) is 0 Å². The summed E-state index contributed by atoms with van der Waals surface area (Å²) in [4.78, 5) is 22.0. The lowest BCUT2D eigenvalue weighted by molar-refractivity contribution is -0.121. The monoisotopic (exact) mass is 569 g/mol. The van der Waals surface area contributed by atoms with E-state index in [1.165, 1.54) is 63.4 Å². The Labute approximate surface area is 252 Å². The molecule has 0 aliphatic carbocycles. The first kappa shape index (κ1) is 31.5. The summed E-state index contributed by atoms with van der Waals surface area (Å²) in [6.07, 6.45) is 18.0. The van der Waals surface area contributed by atoms with Gasteiger partial charge in [-0.3, -0.25) is 4.79 Å². The number of nitrogen functional groups attached to an aromatic ring is 1. The molecule has 1 amide bonds. The zero-order valence-corrected chi connectivity index (χ0v) is 26.0. The SMILES string of the molecule is CCCCCCCCCCCCCC(=O)NCc1ccc(Cn2c(CCCC)nc3c(N)nc4ccccc4c32)cc1. The third-order valence-electron chi connectivity index (χ3n) is 8.30. The number of nitrogens with one attached hydrogen (secondary N) is 1. The maximum absolute atomic E-state index is 12.4. The van der Waals surface area contributed by atoms with Crippen molar-refractivity contribution in [3.63, 3.8) is 0 Å². The summed E-state index contributed by atoms with van der Waals surface area (Å²) in [6.45, 7) is 5.76. The molecule has 0 aliphatic heterocycles. The summed E-state index contributed by atoms with van der Waals surface area (Å²) < 4.78 is 2.32. The molecular formula is C36H51N5O. The van der Waals surface area contributed by atoms with Crippen LogP contribution in [0.25, 0.3) is 21.9 Å². The quantitative estimate of drug-likeness (QED) is 0.110. The number of nitrogens with zero attached hydrogens (tertiary/aromatic N) is 3. The number of anilines is 1. The lowest BCUT2D eigenvalue weighted by Gasteiger charge is -2.12. The predicted octanol–water partition coefficient (Wildman–Crippen LogP) is 8.87. The first-order valence-electron chi connectivity index (χ1n) is 16.5. The van der Waals surface area contributed by atoms with Crippen molar-refractivity contribution in [2.75, 3.05) is 5.73 Å². The third kappa shape index (κ3) is 9.04. The Balaban J connectivity index is 1.26. The summed E-state index contributed by atoms with van der Waals surface area (Å²) in [5, 5.41) is 4.19. The highest BCUT2D eigenvalue weighted by Gasteiger charge is 2.17. The molecule has 2 heterocycles. The lowest BCUT2D eigenvalue weighted by Crippen LogP contribution is -2.22. The van der Waals surface area contributed by atoms with Crippen LogP contribution < -0.4 is 11.1 Å². The number of pyridine rings is 1. The number of carbonyl (C=O) groups excluding carboxylic acids is 1. The number of hydrogen-bond acceptors (Lipinski definition) is 4. The first-order valence-corrected chi connectivity index (χ1v) is 16.5. The van der Waals surface area contributed by atoms with Gasteiger partial charge in [0.25, 0.3) is 0 Å². The highest BCUT2D eigenvalue weighted by Crippen LogP contribution is 2.30. The standard InChI is InChI=1S/C36H51N5O/c1-3-5-7-8-9-10-11-12-13-14-15-21-33(42)38-26-28-22-24-29(25-23-28)27-41-32(20-6-4-2)40-34-35(41)30-18-16-17-19-31(30)39-36(34)37/h16-19,22-25H,3-15,20-21,26-27H2,1-2H3,(H2,37,39)(H,38,42). The Morgan fingerprint density at radius 2 is 1.38 bits per heavy atom. The van der Waals surface area contributed by atoms with E-state index in [4.69, 9.17) is 10.7 Å². The number of nitrogens with two attached hydrogens (primary N) is 1. The summed E-state index contributed by atoms with van der Waals surface area (Å²) in [5.41, 5.74) is 11.4. The molecule has 0 radical (unpaired) electrons. The Hall–Kier alpha value is -3.41. The van der Waals surface area contributed by atoms with Crippen molar-refractivity contribution in [3.05, 3.63) is 65.5 Å². The van der Waals surface area contributed by atoms with Crippen LogP contribution in [0.1, 0.15) is 121 Å². The van der Waals surface area contributed by atoms with Crippen LogP contribution in [-0.4, -0.2) is 20.4 Å². The molecule has 226 valence electrons. The molecule has 0 unspecified atom stereocenters. The van der Waals surface area contributed by atoms with E-state index in [1.807, 2.05) is 18.2 Å². The molecular weight excluding hydrogens is 518 g/mol. The fourth-order valence-electron chi connectivity index (χ4n) is 5.78. The zero-order valence-electron chi connectivity index (χ0n) is 26.0. The molecule has 6 nitrogen and oxygen atoms in total. The van der Waals surface area contributed by atoms with Gasteiger partial charge in [-0.25, -0.2) is 9.97 Å². The van der Waals surface area contributed by atoms with E-state index in [2.05, 4.69) is 59.0 Å². The van der Waals surface area contributed by atoms with Gasteiger partial charge in [0.15, 0.2) is 5.82 Å². The van der Waals surface area contributed by atoms with Gasteiger partial charge in [0.1, 0.15) is 11.3 Å². The van der Waals surface area contributed by atoms with Gasteiger partial charge in [0.2, 0.25) is 5.91 Å². The second kappa shape index (κ2) is 16.9. The zero-order chi connectivity index (χ0) is 29.6. The minimum atomic E-state index is 0.151. The number of unbranched alkanes of at least 4 members (excludes halogenated alkanes) is 11. The fourth-order valence-corrected chi connectivity index (χ4v) is 5.78. The summed E-state index contributed by atoms with van der Waals surface area (Å²) in [6, 6.07) is 16.7. The Morgan fingerprint density at radius 3 is 2.07 bits per heavy atom. The smallest absolute Gasteiger partial charge is 0.220 e. The molecule has 2 aromatic carbocycles. The minimum absolute atomic E-state index is 0.151. The maximum atomic E-state index is 12.4. The topological polar surface area (TPSA) is 85.8 Å². The summed E-state index contributed by atoms with van der Waals surface area (Å²) in [5.74, 6) is 1.69. The average molecular weight is 570 g/mol. The Morgan fingerprint density at radius 1 is 0.762 bits per heavy atom. The normalized spacial score (nSPS) is 11.5. The molecule has 3 N–H and O–H groups in total. The molecule has 0 saturated carbocycles. The molecule has 0 fully saturated rings. The number of amides is 1. The van der Waals surface area contributed by atoms with Crippen molar-refractivity contribution in [2.45, 2.75) is 123 Å². The molecule has 0 aliphatic rings. The Bertz CT molecular complexity index is 1390. The Kier molecular flexibility index (Phi) is 12.7. The lowest BCUT2D eigenvalue weighted by atomic mass is 10.1. The van der Waals surface area contributed by atoms with Gasteiger partial charge in [-0.1, -0.05) is 127 Å². The van der Waals surface area contributed by atoms with Crippen molar-refractivity contribution in [2.24, 2.45) is 0 Å². The first-order chi connectivity index (χ1) is 20.6. The number of aromatic nitrogens is 3. The van der Waals surface area contributed by atoms with Crippen LogP contribution in [0.3, 0.4) is 0 Å². The van der Waals surface area contributed by atoms with Crippen molar-refractivity contribution < 1.29 is 4.79 Å². The van der Waals surface area contributed by atoms with Crippen LogP contribution in [-0.2, 0) is 24.3 Å². The average Bonchev–Trinajstić information content (AvgIpc) is 3.37. The predicted molar refractivity (Wildman–Crippen MR) is 177 cm³/mol. The van der Waals surface area contributed by atoms with Crippen LogP contribution in [0.15, 0.2) is 48.5 Å². The van der Waals surface area contributed by atoms with Crippen LogP contribution in [0.2, 0.25) is 0 Å². The highest BCUT2D eigenvalue weighted by atomic mass is 16.1. The van der Waals surface area contributed by atoms with Crippen LogP contribution in [0.5, 0.6) is 0 Å². The minimum Gasteiger partial charge on any atom is -0.382 e. The summed E-state index contributed by atoms with van der Waals surface area (Å²) >= 11 is 0. The van der Waals surface area contributed by atoms with Crippen molar-refractivity contribution in [1.29, 1.82) is 0 Å². The van der Waals surface area contributed by atoms with E-state index < -0.39 is 0 Å². The van der Waals surface area contributed by atoms with Gasteiger partial charge in [-0.05, 0) is 30.0 Å². The van der Waals surface area contributed by atoms with Gasteiger partial charge in [-0.2, -0.15) is 0 Å². The second-order valence-electron chi connectivity index (χ2n) is 11.8. The maximum Gasteiger partial charge on any atom is 0.220 e. The van der Waals surface area contributed by atoms with Crippen LogP contribution >= 0.6 is 0 Å². The largest absolute Gasteiger partial charge is 0.382 e. The van der Waals surface area contributed by atoms with E-state index in [9.17, 15) is 4.79 Å². The number of fused-ring (bicyclic) bond motifs is 3. The van der Waals surface area contributed by atoms with Gasteiger partial charge < -0.3 is 15.6 Å². The molecule has 0 atom stereocenters. The van der Waals surface area contributed by atoms with E-state index in [1.54, 1.807) is 0 Å². The van der Waals surface area contributed by atoms with Crippen molar-refractivity contribution >= 4 is 33.7 Å². The number of para-hydroxylation sites is 1. The molecule has 4 rings (SSSR count). The number of aryl methyl sites for hydroxylation is 1. The van der Waals surface area contributed by atoms with Crippen LogP contribution in [0.4, 0.5) is 5.82 Å². The van der Waals surface area contributed by atoms with E-state index in [0.29, 0.717) is 25.3 Å². The van der Waals surface area contributed by atoms with Gasteiger partial charge >= 0.3 is 0 Å².